The molecule has 0 saturated carbocycles. The molecule has 1 heterocycles. The van der Waals surface area contributed by atoms with E-state index in [-0.39, 0.29) is 6.54 Å². The van der Waals surface area contributed by atoms with E-state index in [0.29, 0.717) is 5.56 Å². The van der Waals surface area contributed by atoms with Crippen LogP contribution in [0.2, 0.25) is 0 Å². The summed E-state index contributed by atoms with van der Waals surface area (Å²) < 4.78 is 1.43. The zero-order valence-corrected chi connectivity index (χ0v) is 5.80. The normalized spacial score (nSPS) is 9.45. The van der Waals surface area contributed by atoms with Gasteiger partial charge in [0.05, 0.1) is 11.8 Å². The Hall–Kier alpha value is -1.65. The van der Waals surface area contributed by atoms with Crippen LogP contribution in [0.1, 0.15) is 5.56 Å². The average Bonchev–Trinajstić information content (AvgIpc) is 2.34. The molecule has 1 aromatic heterocycles. The van der Waals surface area contributed by atoms with E-state index in [4.69, 9.17) is 0 Å². The molecule has 11 heavy (non-hydrogen) atoms. The molecule has 0 spiro atoms. The van der Waals surface area contributed by atoms with Crippen LogP contribution in [0.15, 0.2) is 19.0 Å². The summed E-state index contributed by atoms with van der Waals surface area (Å²) in [5, 5.41) is 13.8. The van der Waals surface area contributed by atoms with Gasteiger partial charge in [0.2, 0.25) is 6.54 Å². The Morgan fingerprint density at radius 1 is 1.91 bits per heavy atom. The van der Waals surface area contributed by atoms with Gasteiger partial charge in [0, 0.05) is 17.3 Å². The smallest absolute Gasteiger partial charge is 0.231 e. The quantitative estimate of drug-likeness (QED) is 0.475. The minimum absolute atomic E-state index is 0.187. The lowest BCUT2D eigenvalue weighted by Crippen LogP contribution is -1.96. The topological polar surface area (TPSA) is 61.0 Å². The van der Waals surface area contributed by atoms with Crippen molar-refractivity contribution in [3.05, 3.63) is 34.7 Å². The highest BCUT2D eigenvalue weighted by Crippen LogP contribution is 1.98. The Labute approximate surface area is 63.1 Å². The molecule has 0 saturated heterocycles. The molecule has 5 nitrogen and oxygen atoms in total. The molecule has 0 aliphatic rings. The molecule has 0 bridgehead atoms. The van der Waals surface area contributed by atoms with Crippen molar-refractivity contribution in [3.63, 3.8) is 0 Å². The first kappa shape index (κ1) is 7.46. The summed E-state index contributed by atoms with van der Waals surface area (Å²) in [6.45, 7) is 3.27. The minimum Gasteiger partial charge on any atom is -0.264 e. The van der Waals surface area contributed by atoms with Crippen LogP contribution >= 0.6 is 0 Å². The minimum atomic E-state index is -0.398. The second-order valence-electron chi connectivity index (χ2n) is 2.00. The highest BCUT2D eigenvalue weighted by molar-refractivity contribution is 5.16. The summed E-state index contributed by atoms with van der Waals surface area (Å²) in [5.41, 5.74) is 0.579. The Bertz CT molecular complexity index is 279. The summed E-state index contributed by atoms with van der Waals surface area (Å²) in [6, 6.07) is 0. The fourth-order valence-electron chi connectivity index (χ4n) is 0.708. The number of nitrogens with zero attached hydrogens (tertiary/aromatic N) is 3. The summed E-state index contributed by atoms with van der Waals surface area (Å²) in [6.07, 6.45) is 4.49. The van der Waals surface area contributed by atoms with E-state index in [2.05, 4.69) is 11.7 Å². The second kappa shape index (κ2) is 2.96. The van der Waals surface area contributed by atoms with Crippen molar-refractivity contribution in [2.24, 2.45) is 0 Å². The zero-order chi connectivity index (χ0) is 8.27. The summed E-state index contributed by atoms with van der Waals surface area (Å²) >= 11 is 0. The standard InChI is InChI=1S/C6H7N3O2/c1-2-8-4-6(3-7-8)5-9(10)11/h2-4H,1,5H2. The van der Waals surface area contributed by atoms with E-state index < -0.39 is 4.92 Å². The van der Waals surface area contributed by atoms with Gasteiger partial charge >= 0.3 is 0 Å². The van der Waals surface area contributed by atoms with Crippen LogP contribution in [0.25, 0.3) is 6.20 Å². The first-order valence-corrected chi connectivity index (χ1v) is 3.00. The molecule has 5 heteroatoms. The Morgan fingerprint density at radius 2 is 2.64 bits per heavy atom. The molecule has 1 aromatic rings. The third kappa shape index (κ3) is 1.89. The SMILES string of the molecule is C=Cn1cc(C[N+](=O)[O-])cn1. The molecular weight excluding hydrogens is 146 g/mol. The summed E-state index contributed by atoms with van der Waals surface area (Å²) in [4.78, 5) is 9.61. The van der Waals surface area contributed by atoms with E-state index >= 15 is 0 Å². The molecule has 0 radical (unpaired) electrons. The zero-order valence-electron chi connectivity index (χ0n) is 5.80. The second-order valence-corrected chi connectivity index (χ2v) is 2.00. The van der Waals surface area contributed by atoms with Crippen LogP contribution in [-0.2, 0) is 6.54 Å². The van der Waals surface area contributed by atoms with Crippen LogP contribution < -0.4 is 0 Å². The van der Waals surface area contributed by atoms with Crippen molar-refractivity contribution in [1.82, 2.24) is 9.78 Å². The summed E-state index contributed by atoms with van der Waals surface area (Å²) in [5.74, 6) is 0. The largest absolute Gasteiger partial charge is 0.264 e. The molecule has 0 N–H and O–H groups in total. The number of hydrogen-bond acceptors (Lipinski definition) is 3. The molecular formula is C6H7N3O2. The molecule has 0 fully saturated rings. The van der Waals surface area contributed by atoms with Gasteiger partial charge in [0.1, 0.15) is 0 Å². The molecule has 1 rings (SSSR count). The van der Waals surface area contributed by atoms with Crippen molar-refractivity contribution in [2.45, 2.75) is 6.54 Å². The van der Waals surface area contributed by atoms with E-state index in [1.165, 1.54) is 17.1 Å². The number of hydrogen-bond donors (Lipinski definition) is 0. The van der Waals surface area contributed by atoms with Gasteiger partial charge in [-0.1, -0.05) is 6.58 Å². The third-order valence-electron chi connectivity index (χ3n) is 1.15. The third-order valence-corrected chi connectivity index (χ3v) is 1.15. The molecule has 0 aromatic carbocycles. The highest BCUT2D eigenvalue weighted by Gasteiger charge is 2.02. The van der Waals surface area contributed by atoms with Gasteiger partial charge in [-0.3, -0.25) is 10.1 Å². The molecule has 0 amide bonds. The van der Waals surface area contributed by atoms with E-state index in [9.17, 15) is 10.1 Å². The predicted octanol–water partition coefficient (Wildman–Crippen LogP) is 0.760. The fourth-order valence-corrected chi connectivity index (χ4v) is 0.708. The van der Waals surface area contributed by atoms with Crippen molar-refractivity contribution in [1.29, 1.82) is 0 Å². The van der Waals surface area contributed by atoms with Gasteiger partial charge in [-0.15, -0.1) is 0 Å². The van der Waals surface area contributed by atoms with Crippen LogP contribution in [-0.4, -0.2) is 14.7 Å². The van der Waals surface area contributed by atoms with Crippen molar-refractivity contribution < 1.29 is 4.92 Å². The van der Waals surface area contributed by atoms with Crippen LogP contribution in [0.4, 0.5) is 0 Å². The maximum absolute atomic E-state index is 10.0. The van der Waals surface area contributed by atoms with Crippen molar-refractivity contribution >= 4 is 6.20 Å². The van der Waals surface area contributed by atoms with Crippen LogP contribution in [0.3, 0.4) is 0 Å². The Kier molecular flexibility index (Phi) is 2.00. The molecule has 0 aliphatic heterocycles. The van der Waals surface area contributed by atoms with Gasteiger partial charge in [-0.25, -0.2) is 4.68 Å². The molecule has 0 atom stereocenters. The Balaban J connectivity index is 2.72. The Morgan fingerprint density at radius 3 is 3.09 bits per heavy atom. The first-order valence-electron chi connectivity index (χ1n) is 3.00. The number of nitro groups is 1. The number of rotatable bonds is 3. The maximum Gasteiger partial charge on any atom is 0.231 e. The highest BCUT2D eigenvalue weighted by atomic mass is 16.6. The van der Waals surface area contributed by atoms with Crippen molar-refractivity contribution in [3.8, 4) is 0 Å². The first-order chi connectivity index (χ1) is 5.22. The van der Waals surface area contributed by atoms with Crippen molar-refractivity contribution in [2.75, 3.05) is 0 Å². The number of aromatic nitrogens is 2. The monoisotopic (exact) mass is 153 g/mol. The lowest BCUT2D eigenvalue weighted by atomic mass is 10.4. The lowest BCUT2D eigenvalue weighted by Gasteiger charge is -1.86. The van der Waals surface area contributed by atoms with E-state index in [1.54, 1.807) is 6.20 Å². The van der Waals surface area contributed by atoms with Crippen LogP contribution in [0.5, 0.6) is 0 Å². The fraction of sp³-hybridized carbons (Fsp3) is 0.167. The van der Waals surface area contributed by atoms with Gasteiger partial charge in [0.15, 0.2) is 0 Å². The van der Waals surface area contributed by atoms with Gasteiger partial charge < -0.3 is 0 Å². The van der Waals surface area contributed by atoms with E-state index in [1.807, 2.05) is 0 Å². The van der Waals surface area contributed by atoms with Gasteiger partial charge in [-0.2, -0.15) is 5.10 Å². The molecule has 0 aliphatic carbocycles. The van der Waals surface area contributed by atoms with Crippen LogP contribution in [0, 0.1) is 10.1 Å². The van der Waals surface area contributed by atoms with Gasteiger partial charge in [-0.05, 0) is 0 Å². The van der Waals surface area contributed by atoms with Gasteiger partial charge in [0.25, 0.3) is 0 Å². The molecule has 0 unspecified atom stereocenters. The lowest BCUT2D eigenvalue weighted by molar-refractivity contribution is -0.496. The average molecular weight is 153 g/mol. The molecule has 58 valence electrons. The predicted molar refractivity (Wildman–Crippen MR) is 39.3 cm³/mol. The maximum atomic E-state index is 10.0. The summed E-state index contributed by atoms with van der Waals surface area (Å²) in [7, 11) is 0. The van der Waals surface area contributed by atoms with E-state index in [0.717, 1.165) is 0 Å².